The van der Waals surface area contributed by atoms with E-state index < -0.39 is 7.82 Å². The first-order valence-electron chi connectivity index (χ1n) is 0.919. The van der Waals surface area contributed by atoms with Crippen molar-refractivity contribution in [1.29, 1.82) is 0 Å². The summed E-state index contributed by atoms with van der Waals surface area (Å²) in [6, 6.07) is 0. The Morgan fingerprint density at radius 1 is 1.67 bits per heavy atom. The van der Waals surface area contributed by atoms with Gasteiger partial charge in [0.05, 0.1) is 11.9 Å². The first kappa shape index (κ1) is 6.40. The largest absolute Gasteiger partial charge is 0.486 e. The van der Waals surface area contributed by atoms with Crippen molar-refractivity contribution in [3.05, 3.63) is 0 Å². The summed E-state index contributed by atoms with van der Waals surface area (Å²) in [5, 5.41) is 0. The molecule has 0 aliphatic heterocycles. The molecule has 6 heavy (non-hydrogen) atoms. The molecule has 0 aromatic heterocycles. The smallest absolute Gasteiger partial charge is 0.302 e. The van der Waals surface area contributed by atoms with Crippen LogP contribution in [-0.4, -0.2) is 9.79 Å². The number of phosphoric acid groups is 1. The van der Waals surface area contributed by atoms with Crippen molar-refractivity contribution >= 4 is 19.7 Å². The predicted octanol–water partition coefficient (Wildman–Crippen LogP) is 0.249. The zero-order valence-electron chi connectivity index (χ0n) is 2.54. The fourth-order valence-electron chi connectivity index (χ4n) is 0. The van der Waals surface area contributed by atoms with Crippen LogP contribution in [-0.2, 0) is 8.64 Å². The maximum atomic E-state index is 9.34. The van der Waals surface area contributed by atoms with Gasteiger partial charge in [-0.3, -0.25) is 0 Å². The molecule has 2 N–H and O–H groups in total. The number of halogens is 1. The van der Waals surface area contributed by atoms with Gasteiger partial charge in [-0.2, -0.15) is 4.08 Å². The molecule has 0 aromatic carbocycles. The average Bonchev–Trinajstić information content (AvgIpc) is 1.35. The lowest BCUT2D eigenvalue weighted by atomic mass is 15.8. The molecule has 38 valence electrons. The fourth-order valence-corrected chi connectivity index (χ4v) is 0. The van der Waals surface area contributed by atoms with Crippen LogP contribution in [0.3, 0.4) is 0 Å². The van der Waals surface area contributed by atoms with E-state index in [1.54, 1.807) is 0 Å². The summed E-state index contributed by atoms with van der Waals surface area (Å²) < 4.78 is 12.4. The highest BCUT2D eigenvalue weighted by Gasteiger charge is 2.10. The van der Waals surface area contributed by atoms with Gasteiger partial charge in [0.25, 0.3) is 0 Å². The first-order chi connectivity index (χ1) is 2.56. The maximum Gasteiger partial charge on any atom is 0.486 e. The van der Waals surface area contributed by atoms with Crippen molar-refractivity contribution in [2.45, 2.75) is 0 Å². The van der Waals surface area contributed by atoms with Gasteiger partial charge in [0.15, 0.2) is 0 Å². The van der Waals surface area contributed by atoms with Crippen LogP contribution in [0.2, 0.25) is 0 Å². The average molecular weight is 132 g/mol. The van der Waals surface area contributed by atoms with Gasteiger partial charge >= 0.3 is 7.82 Å². The van der Waals surface area contributed by atoms with Crippen LogP contribution < -0.4 is 0 Å². The quantitative estimate of drug-likeness (QED) is 0.502. The van der Waals surface area contributed by atoms with Gasteiger partial charge in [0.2, 0.25) is 0 Å². The van der Waals surface area contributed by atoms with E-state index in [0.29, 0.717) is 0 Å². The normalized spacial score (nSPS) is 11.8. The molecule has 0 fully saturated rings. The van der Waals surface area contributed by atoms with Gasteiger partial charge in [-0.15, -0.1) is 0 Å². The number of hydrogen-bond donors (Lipinski definition) is 2. The zero-order valence-corrected chi connectivity index (χ0v) is 4.19. The van der Waals surface area contributed by atoms with Crippen molar-refractivity contribution in [1.82, 2.24) is 0 Å². The molecule has 0 radical (unpaired) electrons. The van der Waals surface area contributed by atoms with Crippen molar-refractivity contribution in [2.24, 2.45) is 0 Å². The summed E-state index contributed by atoms with van der Waals surface area (Å²) in [6.45, 7) is 0. The van der Waals surface area contributed by atoms with Crippen LogP contribution >= 0.6 is 19.7 Å². The molecule has 0 unspecified atom stereocenters. The summed E-state index contributed by atoms with van der Waals surface area (Å²) in [4.78, 5) is 15.2. The van der Waals surface area contributed by atoms with Gasteiger partial charge in [-0.1, -0.05) is 0 Å². The standard InChI is InChI=1S/ClH2O4P/c1-5-6(2,3)4/h(H2,2,3,4). The van der Waals surface area contributed by atoms with E-state index in [1.807, 2.05) is 0 Å². The summed E-state index contributed by atoms with van der Waals surface area (Å²) in [6.07, 6.45) is 0. The second-order valence-electron chi connectivity index (χ2n) is 0.560. The highest BCUT2D eigenvalue weighted by Crippen LogP contribution is 2.36. The SMILES string of the molecule is O=P(O)(O)OCl. The Balaban J connectivity index is 3.48. The Kier molecular flexibility index (Phi) is 2.04. The highest BCUT2D eigenvalue weighted by molar-refractivity contribution is 7.47. The lowest BCUT2D eigenvalue weighted by Gasteiger charge is -1.89. The van der Waals surface area contributed by atoms with Crippen LogP contribution in [0.25, 0.3) is 0 Å². The number of hydrogen-bond acceptors (Lipinski definition) is 2. The summed E-state index contributed by atoms with van der Waals surface area (Å²) in [5.74, 6) is 0. The molecular weight excluding hydrogens is 130 g/mol. The van der Waals surface area contributed by atoms with Gasteiger partial charge in [-0.05, 0) is 0 Å². The molecule has 0 atom stereocenters. The molecule has 0 aliphatic rings. The zero-order chi connectivity index (χ0) is 5.21. The second kappa shape index (κ2) is 1.91. The maximum absolute atomic E-state index is 9.34. The minimum absolute atomic E-state index is 3.08. The molecule has 0 saturated carbocycles. The third-order valence-corrected chi connectivity index (χ3v) is 0.809. The van der Waals surface area contributed by atoms with Gasteiger partial charge in [0, 0.05) is 0 Å². The minimum atomic E-state index is -4.38. The minimum Gasteiger partial charge on any atom is -0.302 e. The molecular formula is H2ClO4P. The molecule has 0 spiro atoms. The molecule has 0 heterocycles. The Labute approximate surface area is 39.1 Å². The van der Waals surface area contributed by atoms with Crippen LogP contribution in [0.5, 0.6) is 0 Å². The lowest BCUT2D eigenvalue weighted by molar-refractivity contribution is 0.292. The fraction of sp³-hybridized carbons (Fsp3) is 0. The monoisotopic (exact) mass is 132 g/mol. The Morgan fingerprint density at radius 2 is 1.83 bits per heavy atom. The summed E-state index contributed by atoms with van der Waals surface area (Å²) in [7, 11) is -4.38. The van der Waals surface area contributed by atoms with Crippen LogP contribution in [0, 0.1) is 0 Å². The second-order valence-corrected chi connectivity index (χ2v) is 2.09. The summed E-state index contributed by atoms with van der Waals surface area (Å²) in [5.41, 5.74) is 0. The van der Waals surface area contributed by atoms with E-state index in [4.69, 9.17) is 9.79 Å². The summed E-state index contributed by atoms with van der Waals surface area (Å²) >= 11 is 4.21. The van der Waals surface area contributed by atoms with Crippen molar-refractivity contribution < 1.29 is 18.4 Å². The topological polar surface area (TPSA) is 66.8 Å². The molecule has 0 rings (SSSR count). The van der Waals surface area contributed by atoms with Crippen LogP contribution in [0.1, 0.15) is 0 Å². The molecule has 0 saturated heterocycles. The van der Waals surface area contributed by atoms with Crippen LogP contribution in [0.15, 0.2) is 0 Å². The molecule has 0 amide bonds. The van der Waals surface area contributed by atoms with Gasteiger partial charge < -0.3 is 9.79 Å². The molecule has 0 aromatic rings. The van der Waals surface area contributed by atoms with E-state index in [0.717, 1.165) is 0 Å². The number of rotatable bonds is 1. The first-order valence-corrected chi connectivity index (χ1v) is 2.76. The van der Waals surface area contributed by atoms with Gasteiger partial charge in [0.1, 0.15) is 0 Å². The van der Waals surface area contributed by atoms with E-state index in [1.165, 1.54) is 0 Å². The molecule has 6 heteroatoms. The van der Waals surface area contributed by atoms with E-state index in [-0.39, 0.29) is 0 Å². The van der Waals surface area contributed by atoms with E-state index in [9.17, 15) is 4.57 Å². The molecule has 4 nitrogen and oxygen atoms in total. The third-order valence-electron chi connectivity index (χ3n) is 0.0899. The molecule has 0 bridgehead atoms. The van der Waals surface area contributed by atoms with E-state index >= 15 is 0 Å². The predicted molar refractivity (Wildman–Crippen MR) is 19.0 cm³/mol. The van der Waals surface area contributed by atoms with Crippen molar-refractivity contribution in [2.75, 3.05) is 0 Å². The van der Waals surface area contributed by atoms with Crippen LogP contribution in [0.4, 0.5) is 0 Å². The van der Waals surface area contributed by atoms with Gasteiger partial charge in [-0.25, -0.2) is 4.57 Å². The van der Waals surface area contributed by atoms with E-state index in [2.05, 4.69) is 15.9 Å². The Bertz CT molecular complexity index is 71.6. The Hall–Kier alpha value is 0.400. The van der Waals surface area contributed by atoms with Crippen molar-refractivity contribution in [3.63, 3.8) is 0 Å². The third kappa shape index (κ3) is 4.40. The molecule has 0 aliphatic carbocycles. The Morgan fingerprint density at radius 3 is 1.83 bits per heavy atom. The lowest BCUT2D eigenvalue weighted by Crippen LogP contribution is -1.70. The van der Waals surface area contributed by atoms with Crippen molar-refractivity contribution in [3.8, 4) is 0 Å². The highest BCUT2D eigenvalue weighted by atomic mass is 35.5.